The van der Waals surface area contributed by atoms with Gasteiger partial charge in [0.2, 0.25) is 5.88 Å². The van der Waals surface area contributed by atoms with Crippen molar-refractivity contribution in [1.29, 1.82) is 0 Å². The third-order valence-electron chi connectivity index (χ3n) is 4.71. The lowest BCUT2D eigenvalue weighted by molar-refractivity contribution is 0.252. The Morgan fingerprint density at radius 3 is 2.53 bits per heavy atom. The number of aromatic nitrogens is 2. The molecule has 1 aromatic heterocycles. The molecule has 0 aliphatic carbocycles. The van der Waals surface area contributed by atoms with Gasteiger partial charge in [0, 0.05) is 16.1 Å². The molecule has 4 nitrogen and oxygen atoms in total. The largest absolute Gasteiger partial charge is 0.490 e. The first kappa shape index (κ1) is 20.9. The molecule has 0 fully saturated rings. The molecule has 4 rings (SSSR count). The second kappa shape index (κ2) is 9.67. The van der Waals surface area contributed by atoms with Crippen LogP contribution in [0.2, 0.25) is 0 Å². The number of ether oxygens (including phenoxy) is 2. The van der Waals surface area contributed by atoms with Crippen LogP contribution in [0, 0.1) is 0 Å². The predicted molar refractivity (Wildman–Crippen MR) is 128 cm³/mol. The maximum atomic E-state index is 6.08. The molecule has 0 amide bonds. The lowest BCUT2D eigenvalue weighted by Crippen LogP contribution is -2.12. The first-order valence-electron chi connectivity index (χ1n) is 9.92. The molecule has 0 aliphatic rings. The summed E-state index contributed by atoms with van der Waals surface area (Å²) in [6.45, 7) is 3.83. The smallest absolute Gasteiger partial charge is 0.212 e. The number of rotatable bonds is 8. The van der Waals surface area contributed by atoms with E-state index in [1.54, 1.807) is 0 Å². The molecule has 0 aliphatic heterocycles. The summed E-state index contributed by atoms with van der Waals surface area (Å²) in [5.74, 6) is 1.58. The molecule has 0 atom stereocenters. The molecular formula is C24H22Br2N2O2. The van der Waals surface area contributed by atoms with E-state index in [0.717, 1.165) is 49.0 Å². The topological polar surface area (TPSA) is 36.3 Å². The van der Waals surface area contributed by atoms with E-state index in [1.807, 2.05) is 41.1 Å². The fourth-order valence-electron chi connectivity index (χ4n) is 3.23. The van der Waals surface area contributed by atoms with Gasteiger partial charge >= 0.3 is 0 Å². The van der Waals surface area contributed by atoms with E-state index in [9.17, 15) is 0 Å². The minimum Gasteiger partial charge on any atom is -0.490 e. The van der Waals surface area contributed by atoms with Crippen LogP contribution in [0.25, 0.3) is 22.0 Å². The molecule has 0 unspecified atom stereocenters. The highest BCUT2D eigenvalue weighted by Gasteiger charge is 2.12. The van der Waals surface area contributed by atoms with E-state index in [0.29, 0.717) is 19.8 Å². The summed E-state index contributed by atoms with van der Waals surface area (Å²) in [4.78, 5) is 0. The molecular weight excluding hydrogens is 508 g/mol. The Bertz CT molecular complexity index is 1140. The molecule has 154 valence electrons. The molecule has 1 heterocycles. The molecule has 4 aromatic rings. The van der Waals surface area contributed by atoms with Crippen LogP contribution in [0.5, 0.6) is 11.6 Å². The third-order valence-corrected chi connectivity index (χ3v) is 6.02. The Morgan fingerprint density at radius 2 is 1.73 bits per heavy atom. The van der Waals surface area contributed by atoms with Gasteiger partial charge in [-0.3, -0.25) is 0 Å². The van der Waals surface area contributed by atoms with Gasteiger partial charge in [0.05, 0.1) is 23.3 Å². The first-order valence-corrected chi connectivity index (χ1v) is 11.5. The zero-order valence-electron chi connectivity index (χ0n) is 16.6. The fraction of sp³-hybridized carbons (Fsp3) is 0.208. The highest BCUT2D eigenvalue weighted by Crippen LogP contribution is 2.34. The Hall–Kier alpha value is -2.31. The molecule has 0 saturated heterocycles. The lowest BCUT2D eigenvalue weighted by atomic mass is 10.1. The number of fused-ring (bicyclic) bond motifs is 1. The molecule has 0 spiro atoms. The molecule has 30 heavy (non-hydrogen) atoms. The highest BCUT2D eigenvalue weighted by molar-refractivity contribution is 9.11. The van der Waals surface area contributed by atoms with Crippen LogP contribution >= 0.6 is 31.9 Å². The maximum absolute atomic E-state index is 6.08. The zero-order chi connectivity index (χ0) is 20.9. The molecule has 0 N–H and O–H groups in total. The van der Waals surface area contributed by atoms with Crippen molar-refractivity contribution in [2.45, 2.75) is 19.9 Å². The summed E-state index contributed by atoms with van der Waals surface area (Å²) < 4.78 is 15.9. The van der Waals surface area contributed by atoms with Crippen molar-refractivity contribution in [1.82, 2.24) is 9.78 Å². The normalized spacial score (nSPS) is 11.0. The van der Waals surface area contributed by atoms with E-state index < -0.39 is 0 Å². The minimum absolute atomic E-state index is 0.485. The van der Waals surface area contributed by atoms with Gasteiger partial charge in [-0.25, -0.2) is 4.68 Å². The van der Waals surface area contributed by atoms with Crippen LogP contribution in [0.3, 0.4) is 0 Å². The SMILES string of the molecule is CCCOc1cc(-c2ccccc2)nn1CCOc1ccc2cc(Br)ccc2c1Br. The summed E-state index contributed by atoms with van der Waals surface area (Å²) in [5, 5.41) is 7.01. The van der Waals surface area contributed by atoms with E-state index in [1.165, 1.54) is 0 Å². The number of halogens is 2. The molecule has 3 aromatic carbocycles. The molecule has 6 heteroatoms. The average Bonchev–Trinajstić information content (AvgIpc) is 3.17. The van der Waals surface area contributed by atoms with Gasteiger partial charge in [-0.2, -0.15) is 5.10 Å². The summed E-state index contributed by atoms with van der Waals surface area (Å²) in [6.07, 6.45) is 0.947. The predicted octanol–water partition coefficient (Wildman–Crippen LogP) is 7.10. The quantitative estimate of drug-likeness (QED) is 0.244. The Kier molecular flexibility index (Phi) is 6.75. The lowest BCUT2D eigenvalue weighted by Gasteiger charge is -2.12. The molecule has 0 bridgehead atoms. The number of nitrogens with zero attached hydrogens (tertiary/aromatic N) is 2. The summed E-state index contributed by atoms with van der Waals surface area (Å²) in [7, 11) is 0. The van der Waals surface area contributed by atoms with Crippen molar-refractivity contribution in [3.05, 3.63) is 75.7 Å². The van der Waals surface area contributed by atoms with E-state index >= 15 is 0 Å². The Labute approximate surface area is 193 Å². The van der Waals surface area contributed by atoms with Crippen molar-refractivity contribution < 1.29 is 9.47 Å². The zero-order valence-corrected chi connectivity index (χ0v) is 19.8. The van der Waals surface area contributed by atoms with Crippen LogP contribution < -0.4 is 9.47 Å². The summed E-state index contributed by atoms with van der Waals surface area (Å²) in [5.41, 5.74) is 1.97. The fourth-order valence-corrected chi connectivity index (χ4v) is 4.22. The average molecular weight is 530 g/mol. The number of benzene rings is 3. The van der Waals surface area contributed by atoms with Crippen molar-refractivity contribution >= 4 is 42.6 Å². The Balaban J connectivity index is 1.50. The van der Waals surface area contributed by atoms with E-state index in [2.05, 4.69) is 69.1 Å². The van der Waals surface area contributed by atoms with Crippen LogP contribution in [-0.4, -0.2) is 23.0 Å². The first-order chi connectivity index (χ1) is 14.7. The van der Waals surface area contributed by atoms with E-state index in [-0.39, 0.29) is 0 Å². The number of hydrogen-bond acceptors (Lipinski definition) is 3. The summed E-state index contributed by atoms with van der Waals surface area (Å²) >= 11 is 7.21. The van der Waals surface area contributed by atoms with Gasteiger partial charge in [0.1, 0.15) is 12.4 Å². The monoisotopic (exact) mass is 528 g/mol. The third kappa shape index (κ3) is 4.71. The van der Waals surface area contributed by atoms with E-state index in [4.69, 9.17) is 14.6 Å². The second-order valence-electron chi connectivity index (χ2n) is 6.90. The molecule has 0 radical (unpaired) electrons. The second-order valence-corrected chi connectivity index (χ2v) is 8.61. The van der Waals surface area contributed by atoms with Gasteiger partial charge < -0.3 is 9.47 Å². The van der Waals surface area contributed by atoms with Gasteiger partial charge in [0.15, 0.2) is 0 Å². The van der Waals surface area contributed by atoms with Gasteiger partial charge in [-0.15, -0.1) is 0 Å². The van der Waals surface area contributed by atoms with Gasteiger partial charge in [0.25, 0.3) is 0 Å². The Morgan fingerprint density at radius 1 is 0.900 bits per heavy atom. The van der Waals surface area contributed by atoms with Crippen molar-refractivity contribution in [2.75, 3.05) is 13.2 Å². The van der Waals surface area contributed by atoms with Crippen LogP contribution in [0.4, 0.5) is 0 Å². The molecule has 0 saturated carbocycles. The van der Waals surface area contributed by atoms with Crippen LogP contribution in [0.15, 0.2) is 75.7 Å². The van der Waals surface area contributed by atoms with Gasteiger partial charge in [-0.05, 0) is 51.3 Å². The number of hydrogen-bond donors (Lipinski definition) is 0. The highest BCUT2D eigenvalue weighted by atomic mass is 79.9. The van der Waals surface area contributed by atoms with Crippen LogP contribution in [-0.2, 0) is 6.54 Å². The standard InChI is InChI=1S/C24H22Br2N2O2/c1-2-13-30-23-16-21(17-6-4-3-5-7-17)27-28(23)12-14-29-22-11-8-18-15-19(25)9-10-20(18)24(22)26/h3-11,15-16H,2,12-14H2,1H3. The van der Waals surface area contributed by atoms with Crippen molar-refractivity contribution in [2.24, 2.45) is 0 Å². The summed E-state index contributed by atoms with van der Waals surface area (Å²) in [6, 6.07) is 22.4. The maximum Gasteiger partial charge on any atom is 0.212 e. The van der Waals surface area contributed by atoms with Crippen molar-refractivity contribution in [3.8, 4) is 22.9 Å². The van der Waals surface area contributed by atoms with Gasteiger partial charge in [-0.1, -0.05) is 65.3 Å². The van der Waals surface area contributed by atoms with Crippen molar-refractivity contribution in [3.63, 3.8) is 0 Å². The van der Waals surface area contributed by atoms with Crippen LogP contribution in [0.1, 0.15) is 13.3 Å². The minimum atomic E-state index is 0.485.